The van der Waals surface area contributed by atoms with Gasteiger partial charge in [-0.05, 0) is 52.1 Å². The van der Waals surface area contributed by atoms with Crippen LogP contribution in [0.4, 0.5) is 0 Å². The summed E-state index contributed by atoms with van der Waals surface area (Å²) in [5.74, 6) is 0. The maximum atomic E-state index is 5.78. The molecule has 0 spiro atoms. The number of nitrogens with zero attached hydrogens (tertiary/aromatic N) is 1. The van der Waals surface area contributed by atoms with Crippen molar-refractivity contribution in [2.24, 2.45) is 0 Å². The molecule has 2 aliphatic rings. The molecule has 0 saturated carbocycles. The minimum atomic E-state index is 0.397. The minimum Gasteiger partial charge on any atom is -0.377 e. The van der Waals surface area contributed by atoms with Crippen LogP contribution >= 0.6 is 0 Å². The number of likely N-dealkylation sites (tertiary alicyclic amines) is 1. The molecule has 3 heteroatoms. The average Bonchev–Trinajstić information content (AvgIpc) is 2.79. The van der Waals surface area contributed by atoms with Gasteiger partial charge >= 0.3 is 0 Å². The molecule has 0 amide bonds. The van der Waals surface area contributed by atoms with Gasteiger partial charge in [-0.2, -0.15) is 0 Å². The lowest BCUT2D eigenvalue weighted by Gasteiger charge is -2.39. The van der Waals surface area contributed by atoms with E-state index in [1.165, 1.54) is 51.7 Å². The first-order valence-corrected chi connectivity index (χ1v) is 7.37. The molecule has 17 heavy (non-hydrogen) atoms. The highest BCUT2D eigenvalue weighted by Gasteiger charge is 2.34. The van der Waals surface area contributed by atoms with Crippen molar-refractivity contribution in [3.8, 4) is 0 Å². The summed E-state index contributed by atoms with van der Waals surface area (Å²) in [5.41, 5.74) is 0.397. The Morgan fingerprint density at radius 3 is 2.88 bits per heavy atom. The summed E-state index contributed by atoms with van der Waals surface area (Å²) in [6.45, 7) is 10.1. The maximum Gasteiger partial charge on any atom is 0.0702 e. The van der Waals surface area contributed by atoms with Gasteiger partial charge in [-0.15, -0.1) is 0 Å². The first-order chi connectivity index (χ1) is 8.28. The van der Waals surface area contributed by atoms with E-state index in [1.54, 1.807) is 0 Å². The van der Waals surface area contributed by atoms with Crippen molar-refractivity contribution >= 4 is 0 Å². The van der Waals surface area contributed by atoms with Crippen molar-refractivity contribution < 1.29 is 4.74 Å². The van der Waals surface area contributed by atoms with Crippen LogP contribution in [0.25, 0.3) is 0 Å². The fourth-order valence-corrected chi connectivity index (χ4v) is 3.37. The van der Waals surface area contributed by atoms with Gasteiger partial charge in [-0.3, -0.25) is 4.90 Å². The van der Waals surface area contributed by atoms with Crippen molar-refractivity contribution in [1.29, 1.82) is 0 Å². The Kier molecular flexibility index (Phi) is 4.83. The zero-order chi connectivity index (χ0) is 12.1. The van der Waals surface area contributed by atoms with E-state index in [0.29, 0.717) is 11.6 Å². The molecule has 2 rings (SSSR count). The van der Waals surface area contributed by atoms with Crippen LogP contribution in [0.2, 0.25) is 0 Å². The molecule has 100 valence electrons. The average molecular weight is 240 g/mol. The number of ether oxygens (including phenoxy) is 1. The first-order valence-electron chi connectivity index (χ1n) is 7.37. The third-order valence-electron chi connectivity index (χ3n) is 4.40. The Morgan fingerprint density at radius 2 is 2.24 bits per heavy atom. The van der Waals surface area contributed by atoms with Gasteiger partial charge in [0, 0.05) is 25.2 Å². The quantitative estimate of drug-likeness (QED) is 0.795. The predicted molar refractivity (Wildman–Crippen MR) is 71.3 cm³/mol. The van der Waals surface area contributed by atoms with Gasteiger partial charge in [0.2, 0.25) is 0 Å². The van der Waals surface area contributed by atoms with Crippen LogP contribution in [0.1, 0.15) is 46.0 Å². The zero-order valence-electron chi connectivity index (χ0n) is 11.5. The predicted octanol–water partition coefficient (Wildman–Crippen LogP) is 2.02. The molecule has 0 aliphatic carbocycles. The minimum absolute atomic E-state index is 0.397. The van der Waals surface area contributed by atoms with Gasteiger partial charge in [-0.25, -0.2) is 0 Å². The highest BCUT2D eigenvalue weighted by atomic mass is 16.5. The summed E-state index contributed by atoms with van der Waals surface area (Å²) >= 11 is 0. The van der Waals surface area contributed by atoms with Crippen LogP contribution in [-0.2, 0) is 4.74 Å². The van der Waals surface area contributed by atoms with E-state index in [0.717, 1.165) is 13.2 Å². The molecule has 0 aromatic rings. The second-order valence-electron chi connectivity index (χ2n) is 5.62. The maximum absolute atomic E-state index is 5.78. The van der Waals surface area contributed by atoms with Gasteiger partial charge in [0.15, 0.2) is 0 Å². The monoisotopic (exact) mass is 240 g/mol. The normalized spacial score (nSPS) is 35.3. The summed E-state index contributed by atoms with van der Waals surface area (Å²) in [4.78, 5) is 2.62. The van der Waals surface area contributed by atoms with Crippen LogP contribution in [-0.4, -0.2) is 49.3 Å². The molecule has 0 aromatic carbocycles. The van der Waals surface area contributed by atoms with Gasteiger partial charge in [0.25, 0.3) is 0 Å². The molecule has 2 aliphatic heterocycles. The SMILES string of the molecule is CCOC1CCCN(CC2(CC)CCCN2)C1. The summed E-state index contributed by atoms with van der Waals surface area (Å²) in [6.07, 6.45) is 6.96. The van der Waals surface area contributed by atoms with Crippen molar-refractivity contribution in [1.82, 2.24) is 10.2 Å². The third kappa shape index (κ3) is 3.43. The highest BCUT2D eigenvalue weighted by molar-refractivity contribution is 4.95. The molecule has 2 heterocycles. The third-order valence-corrected chi connectivity index (χ3v) is 4.40. The highest BCUT2D eigenvalue weighted by Crippen LogP contribution is 2.25. The molecule has 3 nitrogen and oxygen atoms in total. The van der Waals surface area contributed by atoms with Crippen molar-refractivity contribution in [2.45, 2.75) is 57.6 Å². The zero-order valence-corrected chi connectivity index (χ0v) is 11.5. The summed E-state index contributed by atoms with van der Waals surface area (Å²) in [5, 5.41) is 3.73. The summed E-state index contributed by atoms with van der Waals surface area (Å²) in [6, 6.07) is 0. The molecular weight excluding hydrogens is 212 g/mol. The molecule has 0 radical (unpaired) electrons. The second kappa shape index (κ2) is 6.17. The van der Waals surface area contributed by atoms with E-state index in [1.807, 2.05) is 0 Å². The lowest BCUT2D eigenvalue weighted by Crippen LogP contribution is -2.52. The standard InChI is InChI=1S/C14H28N2O/c1-3-14(8-6-9-15-14)12-16-10-5-7-13(11-16)17-4-2/h13,15H,3-12H2,1-2H3. The smallest absolute Gasteiger partial charge is 0.0702 e. The number of rotatable bonds is 5. The lowest BCUT2D eigenvalue weighted by molar-refractivity contribution is -0.00140. The molecule has 0 aromatic heterocycles. The topological polar surface area (TPSA) is 24.5 Å². The van der Waals surface area contributed by atoms with Gasteiger partial charge in [-0.1, -0.05) is 6.92 Å². The van der Waals surface area contributed by atoms with Crippen LogP contribution in [0.15, 0.2) is 0 Å². The van der Waals surface area contributed by atoms with Crippen molar-refractivity contribution in [3.63, 3.8) is 0 Å². The number of piperidine rings is 1. The number of hydrogen-bond acceptors (Lipinski definition) is 3. The summed E-state index contributed by atoms with van der Waals surface area (Å²) in [7, 11) is 0. The Hall–Kier alpha value is -0.120. The van der Waals surface area contributed by atoms with Gasteiger partial charge in [0.05, 0.1) is 6.10 Å². The number of nitrogens with one attached hydrogen (secondary N) is 1. The largest absolute Gasteiger partial charge is 0.377 e. The van der Waals surface area contributed by atoms with Gasteiger partial charge in [0.1, 0.15) is 0 Å². The van der Waals surface area contributed by atoms with Crippen molar-refractivity contribution in [2.75, 3.05) is 32.8 Å². The van der Waals surface area contributed by atoms with E-state index in [9.17, 15) is 0 Å². The Morgan fingerprint density at radius 1 is 1.35 bits per heavy atom. The fourth-order valence-electron chi connectivity index (χ4n) is 3.37. The molecular formula is C14H28N2O. The Balaban J connectivity index is 1.85. The second-order valence-corrected chi connectivity index (χ2v) is 5.62. The summed E-state index contributed by atoms with van der Waals surface area (Å²) < 4.78 is 5.78. The molecule has 2 unspecified atom stereocenters. The number of hydrogen-bond donors (Lipinski definition) is 1. The van der Waals surface area contributed by atoms with Crippen LogP contribution < -0.4 is 5.32 Å². The fraction of sp³-hybridized carbons (Fsp3) is 1.00. The van der Waals surface area contributed by atoms with E-state index >= 15 is 0 Å². The molecule has 2 atom stereocenters. The van der Waals surface area contributed by atoms with E-state index < -0.39 is 0 Å². The lowest BCUT2D eigenvalue weighted by atomic mass is 9.92. The Labute approximate surface area is 106 Å². The van der Waals surface area contributed by atoms with Crippen LogP contribution in [0, 0.1) is 0 Å². The van der Waals surface area contributed by atoms with Crippen molar-refractivity contribution in [3.05, 3.63) is 0 Å². The molecule has 2 saturated heterocycles. The van der Waals surface area contributed by atoms with Gasteiger partial charge < -0.3 is 10.1 Å². The Bertz CT molecular complexity index is 224. The first kappa shape index (κ1) is 13.3. The van der Waals surface area contributed by atoms with Crippen LogP contribution in [0.3, 0.4) is 0 Å². The van der Waals surface area contributed by atoms with E-state index in [4.69, 9.17) is 4.74 Å². The molecule has 2 fully saturated rings. The van der Waals surface area contributed by atoms with E-state index in [-0.39, 0.29) is 0 Å². The molecule has 1 N–H and O–H groups in total. The molecule has 0 bridgehead atoms. The van der Waals surface area contributed by atoms with E-state index in [2.05, 4.69) is 24.1 Å². The van der Waals surface area contributed by atoms with Crippen LogP contribution in [0.5, 0.6) is 0 Å².